The monoisotopic (exact) mass is 352 g/mol. The van der Waals surface area contributed by atoms with E-state index < -0.39 is 11.7 Å². The van der Waals surface area contributed by atoms with E-state index in [4.69, 9.17) is 4.74 Å². The first-order valence-corrected chi connectivity index (χ1v) is 8.79. The molecule has 25 heavy (non-hydrogen) atoms. The van der Waals surface area contributed by atoms with Gasteiger partial charge in [0.25, 0.3) is 0 Å². The average Bonchev–Trinajstić information content (AvgIpc) is 2.52. The third-order valence-electron chi connectivity index (χ3n) is 4.22. The molecule has 1 N–H and O–H groups in total. The smallest absolute Gasteiger partial charge is 0.410 e. The molecule has 0 spiro atoms. The molecule has 1 heterocycles. The second-order valence-electron chi connectivity index (χ2n) is 7.82. The number of rotatable bonds is 3. The molecule has 140 valence electrons. The third-order valence-corrected chi connectivity index (χ3v) is 4.22. The zero-order valence-corrected chi connectivity index (χ0v) is 15.8. The van der Waals surface area contributed by atoms with E-state index in [0.29, 0.717) is 37.4 Å². The van der Waals surface area contributed by atoms with E-state index in [9.17, 15) is 14.3 Å². The molecule has 1 aliphatic rings. The molecule has 0 aliphatic carbocycles. The van der Waals surface area contributed by atoms with E-state index in [1.54, 1.807) is 17.0 Å². The lowest BCUT2D eigenvalue weighted by molar-refractivity contribution is 0.0240. The van der Waals surface area contributed by atoms with Crippen LogP contribution < -0.4 is 4.90 Å². The highest BCUT2D eigenvalue weighted by Gasteiger charge is 2.29. The Hall–Kier alpha value is -1.82. The van der Waals surface area contributed by atoms with E-state index in [1.165, 1.54) is 6.07 Å². The van der Waals surface area contributed by atoms with Crippen LogP contribution in [0.5, 0.6) is 0 Å². The van der Waals surface area contributed by atoms with Crippen molar-refractivity contribution in [1.29, 1.82) is 0 Å². The summed E-state index contributed by atoms with van der Waals surface area (Å²) in [4.78, 5) is 15.7. The Bertz CT molecular complexity index is 605. The van der Waals surface area contributed by atoms with Gasteiger partial charge in [-0.05, 0) is 32.8 Å². The Kier molecular flexibility index (Phi) is 5.93. The van der Waals surface area contributed by atoms with Crippen molar-refractivity contribution < 1.29 is 19.0 Å². The Morgan fingerprint density at radius 3 is 2.32 bits per heavy atom. The van der Waals surface area contributed by atoms with Crippen LogP contribution in [0, 0.1) is 11.7 Å². The van der Waals surface area contributed by atoms with Gasteiger partial charge >= 0.3 is 6.09 Å². The van der Waals surface area contributed by atoms with E-state index in [-0.39, 0.29) is 17.8 Å². The topological polar surface area (TPSA) is 53.0 Å². The molecule has 0 bridgehead atoms. The highest BCUT2D eigenvalue weighted by atomic mass is 19.1. The number of benzene rings is 1. The van der Waals surface area contributed by atoms with Gasteiger partial charge in [0, 0.05) is 31.7 Å². The number of aliphatic hydroxyl groups excluding tert-OH is 1. The standard InChI is InChI=1S/C19H29FN2O3/c1-13(2)17(23)14-7-6-8-15(20)16(14)21-9-11-22(12-10-21)18(24)25-19(3,4)5/h6-8,13,17,23H,9-12H2,1-5H3. The molecule has 0 radical (unpaired) electrons. The van der Waals surface area contributed by atoms with E-state index in [0.717, 1.165) is 0 Å². The Morgan fingerprint density at radius 2 is 1.80 bits per heavy atom. The summed E-state index contributed by atoms with van der Waals surface area (Å²) in [6.07, 6.45) is -1.07. The number of halogens is 1. The van der Waals surface area contributed by atoms with E-state index in [1.807, 2.05) is 39.5 Å². The Morgan fingerprint density at radius 1 is 1.20 bits per heavy atom. The fourth-order valence-corrected chi connectivity index (χ4v) is 2.90. The van der Waals surface area contributed by atoms with E-state index in [2.05, 4.69) is 0 Å². The quantitative estimate of drug-likeness (QED) is 0.903. The van der Waals surface area contributed by atoms with Gasteiger partial charge in [0.15, 0.2) is 0 Å². The van der Waals surface area contributed by atoms with Gasteiger partial charge in [-0.25, -0.2) is 9.18 Å². The Labute approximate surface area is 149 Å². The van der Waals surface area contributed by atoms with Gasteiger partial charge < -0.3 is 19.6 Å². The van der Waals surface area contributed by atoms with Crippen LogP contribution in [0.25, 0.3) is 0 Å². The molecule has 1 saturated heterocycles. The maximum atomic E-state index is 14.5. The molecule has 1 atom stereocenters. The van der Waals surface area contributed by atoms with Crippen LogP contribution in [-0.2, 0) is 4.74 Å². The second kappa shape index (κ2) is 7.60. The minimum atomic E-state index is -0.727. The fraction of sp³-hybridized carbons (Fsp3) is 0.632. The molecular weight excluding hydrogens is 323 g/mol. The summed E-state index contributed by atoms with van der Waals surface area (Å²) in [5, 5.41) is 10.4. The molecule has 0 aromatic heterocycles. The number of para-hydroxylation sites is 1. The van der Waals surface area contributed by atoms with Crippen LogP contribution in [0.15, 0.2) is 18.2 Å². The van der Waals surface area contributed by atoms with Crippen molar-refractivity contribution in [2.24, 2.45) is 5.92 Å². The first kappa shape index (κ1) is 19.5. The van der Waals surface area contributed by atoms with Gasteiger partial charge in [-0.1, -0.05) is 26.0 Å². The lowest BCUT2D eigenvalue weighted by atomic mass is 9.96. The highest BCUT2D eigenvalue weighted by molar-refractivity contribution is 5.69. The van der Waals surface area contributed by atoms with Crippen molar-refractivity contribution in [2.45, 2.75) is 46.3 Å². The summed E-state index contributed by atoms with van der Waals surface area (Å²) < 4.78 is 19.9. The average molecular weight is 352 g/mol. The first-order chi connectivity index (χ1) is 11.6. The van der Waals surface area contributed by atoms with Gasteiger partial charge in [-0.3, -0.25) is 0 Å². The number of carbonyl (C=O) groups is 1. The first-order valence-electron chi connectivity index (χ1n) is 8.79. The number of nitrogens with zero attached hydrogens (tertiary/aromatic N) is 2. The summed E-state index contributed by atoms with van der Waals surface area (Å²) in [6, 6.07) is 4.80. The SMILES string of the molecule is CC(C)C(O)c1cccc(F)c1N1CCN(C(=O)OC(C)(C)C)CC1. The summed E-state index contributed by atoms with van der Waals surface area (Å²) in [5.74, 6) is -0.355. The Balaban J connectivity index is 2.12. The molecule has 1 aliphatic heterocycles. The molecule has 2 rings (SSSR count). The highest BCUT2D eigenvalue weighted by Crippen LogP contribution is 2.33. The zero-order chi connectivity index (χ0) is 18.8. The van der Waals surface area contributed by atoms with Gasteiger partial charge in [0.05, 0.1) is 11.8 Å². The molecular formula is C19H29FN2O3. The maximum absolute atomic E-state index is 14.5. The van der Waals surface area contributed by atoms with Crippen LogP contribution in [0.3, 0.4) is 0 Å². The lowest BCUT2D eigenvalue weighted by Gasteiger charge is -2.38. The van der Waals surface area contributed by atoms with Gasteiger partial charge in [0.2, 0.25) is 0 Å². The van der Waals surface area contributed by atoms with E-state index >= 15 is 0 Å². The number of ether oxygens (including phenoxy) is 1. The number of aliphatic hydroxyl groups is 1. The van der Waals surface area contributed by atoms with Gasteiger partial charge in [0.1, 0.15) is 11.4 Å². The largest absolute Gasteiger partial charge is 0.444 e. The van der Waals surface area contributed by atoms with Crippen molar-refractivity contribution >= 4 is 11.8 Å². The maximum Gasteiger partial charge on any atom is 0.410 e. The second-order valence-corrected chi connectivity index (χ2v) is 7.82. The summed E-state index contributed by atoms with van der Waals surface area (Å²) in [6.45, 7) is 11.2. The van der Waals surface area contributed by atoms with Crippen molar-refractivity contribution in [1.82, 2.24) is 4.90 Å². The van der Waals surface area contributed by atoms with Crippen LogP contribution in [0.1, 0.15) is 46.3 Å². The van der Waals surface area contributed by atoms with Crippen LogP contribution in [0.4, 0.5) is 14.9 Å². The molecule has 1 amide bonds. The van der Waals surface area contributed by atoms with Crippen LogP contribution >= 0.6 is 0 Å². The van der Waals surface area contributed by atoms with Crippen LogP contribution in [0.2, 0.25) is 0 Å². The molecule has 6 heteroatoms. The third kappa shape index (κ3) is 4.84. The molecule has 1 unspecified atom stereocenters. The predicted molar refractivity (Wildman–Crippen MR) is 96.2 cm³/mol. The number of carbonyl (C=O) groups excluding carboxylic acids is 1. The van der Waals surface area contributed by atoms with Crippen molar-refractivity contribution in [2.75, 3.05) is 31.1 Å². The minimum Gasteiger partial charge on any atom is -0.444 e. The van der Waals surface area contributed by atoms with Gasteiger partial charge in [-0.15, -0.1) is 0 Å². The molecule has 0 saturated carbocycles. The van der Waals surface area contributed by atoms with Gasteiger partial charge in [-0.2, -0.15) is 0 Å². The number of amides is 1. The number of hydrogen-bond acceptors (Lipinski definition) is 4. The van der Waals surface area contributed by atoms with Crippen molar-refractivity contribution in [3.05, 3.63) is 29.6 Å². The zero-order valence-electron chi connectivity index (χ0n) is 15.8. The predicted octanol–water partition coefficient (Wildman–Crippen LogP) is 3.57. The number of hydrogen-bond donors (Lipinski definition) is 1. The molecule has 1 aromatic rings. The molecule has 1 aromatic carbocycles. The number of piperazine rings is 1. The minimum absolute atomic E-state index is 0.0106. The van der Waals surface area contributed by atoms with Crippen molar-refractivity contribution in [3.63, 3.8) is 0 Å². The number of anilines is 1. The summed E-state index contributed by atoms with van der Waals surface area (Å²) >= 11 is 0. The molecule has 5 nitrogen and oxygen atoms in total. The lowest BCUT2D eigenvalue weighted by Crippen LogP contribution is -2.50. The van der Waals surface area contributed by atoms with Crippen molar-refractivity contribution in [3.8, 4) is 0 Å². The molecule has 1 fully saturated rings. The summed E-state index contributed by atoms with van der Waals surface area (Å²) in [7, 11) is 0. The fourth-order valence-electron chi connectivity index (χ4n) is 2.90. The normalized spacial score (nSPS) is 17.0. The summed E-state index contributed by atoms with van der Waals surface area (Å²) in [5.41, 5.74) is 0.502. The van der Waals surface area contributed by atoms with Crippen LogP contribution in [-0.4, -0.2) is 47.9 Å².